The van der Waals surface area contributed by atoms with E-state index in [0.29, 0.717) is 0 Å². The monoisotopic (exact) mass is 175 g/mol. The SMILES string of the molecule is C=C1CCNc2c(N)cccc2N1. The van der Waals surface area contributed by atoms with Gasteiger partial charge in [0.1, 0.15) is 0 Å². The fourth-order valence-corrected chi connectivity index (χ4v) is 1.46. The summed E-state index contributed by atoms with van der Waals surface area (Å²) in [4.78, 5) is 0. The lowest BCUT2D eigenvalue weighted by atomic mass is 10.2. The number of nitrogen functional groups attached to an aromatic ring is 1. The van der Waals surface area contributed by atoms with E-state index in [1.165, 1.54) is 0 Å². The van der Waals surface area contributed by atoms with Crippen molar-refractivity contribution in [3.05, 3.63) is 30.5 Å². The number of nitrogens with two attached hydrogens (primary N) is 1. The summed E-state index contributed by atoms with van der Waals surface area (Å²) in [5.41, 5.74) is 9.63. The Labute approximate surface area is 77.6 Å². The van der Waals surface area contributed by atoms with Crippen LogP contribution in [0.4, 0.5) is 17.1 Å². The zero-order valence-electron chi connectivity index (χ0n) is 7.43. The van der Waals surface area contributed by atoms with Gasteiger partial charge in [0.05, 0.1) is 17.1 Å². The third-order valence-corrected chi connectivity index (χ3v) is 2.14. The van der Waals surface area contributed by atoms with E-state index in [0.717, 1.165) is 35.7 Å². The fourth-order valence-electron chi connectivity index (χ4n) is 1.46. The molecule has 0 saturated carbocycles. The number of fused-ring (bicyclic) bond motifs is 1. The maximum absolute atomic E-state index is 5.82. The molecule has 0 fully saturated rings. The molecule has 68 valence electrons. The van der Waals surface area contributed by atoms with Gasteiger partial charge < -0.3 is 16.4 Å². The first-order chi connectivity index (χ1) is 6.27. The van der Waals surface area contributed by atoms with Crippen LogP contribution in [-0.2, 0) is 0 Å². The van der Waals surface area contributed by atoms with E-state index in [9.17, 15) is 0 Å². The van der Waals surface area contributed by atoms with Crippen LogP contribution in [0.1, 0.15) is 6.42 Å². The molecule has 0 radical (unpaired) electrons. The van der Waals surface area contributed by atoms with Crippen molar-refractivity contribution in [3.63, 3.8) is 0 Å². The fraction of sp³-hybridized carbons (Fsp3) is 0.200. The first-order valence-electron chi connectivity index (χ1n) is 4.34. The minimum Gasteiger partial charge on any atom is -0.397 e. The van der Waals surface area contributed by atoms with Crippen molar-refractivity contribution in [2.45, 2.75) is 6.42 Å². The van der Waals surface area contributed by atoms with Gasteiger partial charge in [-0.1, -0.05) is 12.6 Å². The Morgan fingerprint density at radius 1 is 1.38 bits per heavy atom. The van der Waals surface area contributed by atoms with E-state index in [4.69, 9.17) is 5.73 Å². The number of para-hydroxylation sites is 1. The van der Waals surface area contributed by atoms with E-state index in [2.05, 4.69) is 17.2 Å². The van der Waals surface area contributed by atoms with E-state index >= 15 is 0 Å². The number of hydrogen-bond donors (Lipinski definition) is 3. The number of anilines is 3. The minimum absolute atomic E-state index is 0.778. The molecule has 1 aliphatic heterocycles. The second-order valence-corrected chi connectivity index (χ2v) is 3.18. The third-order valence-electron chi connectivity index (χ3n) is 2.14. The van der Waals surface area contributed by atoms with Gasteiger partial charge in [-0.25, -0.2) is 0 Å². The van der Waals surface area contributed by atoms with Gasteiger partial charge in [0, 0.05) is 18.7 Å². The number of rotatable bonds is 0. The molecule has 1 aromatic carbocycles. The predicted octanol–water partition coefficient (Wildman–Crippen LogP) is 2.01. The Morgan fingerprint density at radius 3 is 3.08 bits per heavy atom. The van der Waals surface area contributed by atoms with Crippen LogP contribution in [0.25, 0.3) is 0 Å². The van der Waals surface area contributed by atoms with Gasteiger partial charge in [-0.05, 0) is 12.1 Å². The number of benzene rings is 1. The predicted molar refractivity (Wildman–Crippen MR) is 56.7 cm³/mol. The lowest BCUT2D eigenvalue weighted by Gasteiger charge is -2.10. The van der Waals surface area contributed by atoms with Crippen molar-refractivity contribution >= 4 is 17.1 Å². The molecule has 1 aliphatic rings. The summed E-state index contributed by atoms with van der Waals surface area (Å²) >= 11 is 0. The van der Waals surface area contributed by atoms with Gasteiger partial charge in [-0.3, -0.25) is 0 Å². The summed E-state index contributed by atoms with van der Waals surface area (Å²) in [6.45, 7) is 4.79. The second kappa shape index (κ2) is 3.01. The smallest absolute Gasteiger partial charge is 0.0812 e. The van der Waals surface area contributed by atoms with E-state index in [1.54, 1.807) is 0 Å². The van der Waals surface area contributed by atoms with Crippen molar-refractivity contribution in [2.24, 2.45) is 0 Å². The van der Waals surface area contributed by atoms with Crippen LogP contribution in [0.3, 0.4) is 0 Å². The van der Waals surface area contributed by atoms with Crippen molar-refractivity contribution in [2.75, 3.05) is 22.9 Å². The maximum Gasteiger partial charge on any atom is 0.0812 e. The second-order valence-electron chi connectivity index (χ2n) is 3.18. The highest BCUT2D eigenvalue weighted by molar-refractivity contribution is 5.82. The van der Waals surface area contributed by atoms with Crippen LogP contribution in [-0.4, -0.2) is 6.54 Å². The highest BCUT2D eigenvalue weighted by Crippen LogP contribution is 2.31. The van der Waals surface area contributed by atoms with Gasteiger partial charge in [-0.2, -0.15) is 0 Å². The van der Waals surface area contributed by atoms with E-state index < -0.39 is 0 Å². The van der Waals surface area contributed by atoms with E-state index in [1.807, 2.05) is 18.2 Å². The number of hydrogen-bond acceptors (Lipinski definition) is 3. The van der Waals surface area contributed by atoms with Gasteiger partial charge in [0.2, 0.25) is 0 Å². The highest BCUT2D eigenvalue weighted by atomic mass is 15.0. The molecule has 0 unspecified atom stereocenters. The van der Waals surface area contributed by atoms with Crippen LogP contribution >= 0.6 is 0 Å². The molecule has 13 heavy (non-hydrogen) atoms. The van der Waals surface area contributed by atoms with Crippen LogP contribution in [0.5, 0.6) is 0 Å². The summed E-state index contributed by atoms with van der Waals surface area (Å²) in [7, 11) is 0. The summed E-state index contributed by atoms with van der Waals surface area (Å²) in [6.07, 6.45) is 0.925. The Balaban J connectivity index is 2.45. The zero-order chi connectivity index (χ0) is 9.26. The summed E-state index contributed by atoms with van der Waals surface area (Å²) < 4.78 is 0. The van der Waals surface area contributed by atoms with E-state index in [-0.39, 0.29) is 0 Å². The van der Waals surface area contributed by atoms with Crippen LogP contribution < -0.4 is 16.4 Å². The lowest BCUT2D eigenvalue weighted by Crippen LogP contribution is -2.01. The molecule has 0 aromatic heterocycles. The van der Waals surface area contributed by atoms with Gasteiger partial charge in [-0.15, -0.1) is 0 Å². The van der Waals surface area contributed by atoms with Crippen molar-refractivity contribution in [3.8, 4) is 0 Å². The Hall–Kier alpha value is -1.64. The molecule has 0 spiro atoms. The lowest BCUT2D eigenvalue weighted by molar-refractivity contribution is 1.03. The Kier molecular flexibility index (Phi) is 1.85. The molecule has 0 aliphatic carbocycles. The largest absolute Gasteiger partial charge is 0.397 e. The molecule has 0 saturated heterocycles. The quantitative estimate of drug-likeness (QED) is 0.529. The first-order valence-corrected chi connectivity index (χ1v) is 4.34. The molecular weight excluding hydrogens is 162 g/mol. The van der Waals surface area contributed by atoms with Crippen molar-refractivity contribution in [1.29, 1.82) is 0 Å². The Morgan fingerprint density at radius 2 is 2.23 bits per heavy atom. The zero-order valence-corrected chi connectivity index (χ0v) is 7.43. The highest BCUT2D eigenvalue weighted by Gasteiger charge is 2.09. The summed E-state index contributed by atoms with van der Waals surface area (Å²) in [5.74, 6) is 0. The molecule has 1 heterocycles. The van der Waals surface area contributed by atoms with Crippen LogP contribution in [0, 0.1) is 0 Å². The van der Waals surface area contributed by atoms with Gasteiger partial charge in [0.25, 0.3) is 0 Å². The first kappa shape index (κ1) is 7.98. The normalized spacial score (nSPS) is 15.2. The molecule has 0 amide bonds. The Bertz CT molecular complexity index is 344. The standard InChI is InChI=1S/C10H13N3/c1-7-5-6-12-10-8(11)3-2-4-9(10)13-7/h2-4,12-13H,1,5-6,11H2. The minimum atomic E-state index is 0.778. The third kappa shape index (κ3) is 1.45. The van der Waals surface area contributed by atoms with Crippen LogP contribution in [0.15, 0.2) is 30.5 Å². The van der Waals surface area contributed by atoms with Crippen molar-refractivity contribution in [1.82, 2.24) is 0 Å². The average molecular weight is 175 g/mol. The van der Waals surface area contributed by atoms with Crippen molar-refractivity contribution < 1.29 is 0 Å². The number of nitrogens with one attached hydrogen (secondary N) is 2. The molecule has 1 aromatic rings. The van der Waals surface area contributed by atoms with Gasteiger partial charge in [0.15, 0.2) is 0 Å². The average Bonchev–Trinajstić information content (AvgIpc) is 2.27. The topological polar surface area (TPSA) is 50.1 Å². The molecule has 0 atom stereocenters. The summed E-state index contributed by atoms with van der Waals surface area (Å²) in [6, 6.07) is 5.82. The van der Waals surface area contributed by atoms with Gasteiger partial charge >= 0.3 is 0 Å². The molecule has 2 rings (SSSR count). The molecule has 3 heteroatoms. The molecular formula is C10H13N3. The maximum atomic E-state index is 5.82. The molecule has 0 bridgehead atoms. The molecule has 4 N–H and O–H groups in total. The van der Waals surface area contributed by atoms with Crippen LogP contribution in [0.2, 0.25) is 0 Å². The molecule has 3 nitrogen and oxygen atoms in total. The summed E-state index contributed by atoms with van der Waals surface area (Å²) in [5, 5.41) is 6.50.